The minimum Gasteiger partial charge on any atom is -0.488 e. The molecule has 0 saturated carbocycles. The number of aliphatic hydroxyl groups excluding tert-OH is 1. The van der Waals surface area contributed by atoms with Gasteiger partial charge in [-0.25, -0.2) is 4.39 Å². The Hall–Kier alpha value is -2.16. The van der Waals surface area contributed by atoms with Crippen LogP contribution in [0.15, 0.2) is 52.9 Å². The van der Waals surface area contributed by atoms with E-state index in [-0.39, 0.29) is 12.4 Å². The summed E-state index contributed by atoms with van der Waals surface area (Å²) in [6.07, 6.45) is 0.263. The van der Waals surface area contributed by atoms with Gasteiger partial charge in [0.2, 0.25) is 5.13 Å². The molecule has 8 heteroatoms. The standard InChI is InChI=1S/C19H20FN3O2S2/c1-2-13-7-9-14(10-8-13)21-18-22-23-19(27-18)26-12-15(24)11-25-17-6-4-3-5-16(17)20/h3-10,15,24H,2,11-12H2,1H3,(H,21,22)/t15-/m1/s1. The van der Waals surface area contributed by atoms with Crippen LogP contribution in [0, 0.1) is 5.82 Å². The Morgan fingerprint density at radius 2 is 1.96 bits per heavy atom. The predicted octanol–water partition coefficient (Wildman–Crippen LogP) is 4.52. The molecule has 1 heterocycles. The van der Waals surface area contributed by atoms with Crippen molar-refractivity contribution in [3.63, 3.8) is 0 Å². The molecule has 27 heavy (non-hydrogen) atoms. The van der Waals surface area contributed by atoms with Gasteiger partial charge in [-0.1, -0.05) is 54.3 Å². The summed E-state index contributed by atoms with van der Waals surface area (Å²) in [7, 11) is 0. The van der Waals surface area contributed by atoms with Crippen LogP contribution in [0.5, 0.6) is 5.75 Å². The second-order valence-electron chi connectivity index (χ2n) is 5.75. The quantitative estimate of drug-likeness (QED) is 0.511. The third-order valence-electron chi connectivity index (χ3n) is 3.69. The molecule has 1 atom stereocenters. The van der Waals surface area contributed by atoms with Gasteiger partial charge in [0.15, 0.2) is 15.9 Å². The predicted molar refractivity (Wildman–Crippen MR) is 108 cm³/mol. The van der Waals surface area contributed by atoms with E-state index in [1.165, 1.54) is 40.8 Å². The van der Waals surface area contributed by atoms with Gasteiger partial charge in [-0.3, -0.25) is 0 Å². The van der Waals surface area contributed by atoms with E-state index in [0.717, 1.165) is 16.4 Å². The summed E-state index contributed by atoms with van der Waals surface area (Å²) in [5.41, 5.74) is 2.24. The van der Waals surface area contributed by atoms with Crippen molar-refractivity contribution in [3.05, 3.63) is 59.9 Å². The van der Waals surface area contributed by atoms with Crippen LogP contribution in [0.3, 0.4) is 0 Å². The highest BCUT2D eigenvalue weighted by Crippen LogP contribution is 2.28. The number of halogens is 1. The first-order valence-corrected chi connectivity index (χ1v) is 10.3. The van der Waals surface area contributed by atoms with Crippen molar-refractivity contribution in [2.45, 2.75) is 23.8 Å². The third-order valence-corrected chi connectivity index (χ3v) is 5.80. The lowest BCUT2D eigenvalue weighted by Gasteiger charge is -2.11. The zero-order valence-electron chi connectivity index (χ0n) is 14.8. The molecule has 1 aromatic heterocycles. The Labute approximate surface area is 165 Å². The van der Waals surface area contributed by atoms with Crippen LogP contribution < -0.4 is 10.1 Å². The molecule has 2 aromatic carbocycles. The number of hydrogen-bond acceptors (Lipinski definition) is 7. The van der Waals surface area contributed by atoms with Crippen LogP contribution >= 0.6 is 23.1 Å². The van der Waals surface area contributed by atoms with Gasteiger partial charge in [0, 0.05) is 11.4 Å². The van der Waals surface area contributed by atoms with Gasteiger partial charge in [-0.05, 0) is 36.2 Å². The molecule has 0 bridgehead atoms. The number of nitrogens with zero attached hydrogens (tertiary/aromatic N) is 2. The van der Waals surface area contributed by atoms with Gasteiger partial charge in [0.25, 0.3) is 0 Å². The Morgan fingerprint density at radius 1 is 1.19 bits per heavy atom. The number of aliphatic hydroxyl groups is 1. The number of hydrogen-bond donors (Lipinski definition) is 2. The summed E-state index contributed by atoms with van der Waals surface area (Å²) in [5, 5.41) is 22.2. The topological polar surface area (TPSA) is 67.3 Å². The van der Waals surface area contributed by atoms with Gasteiger partial charge in [-0.15, -0.1) is 10.2 Å². The number of thioether (sulfide) groups is 1. The normalized spacial score (nSPS) is 12.0. The number of anilines is 2. The average Bonchev–Trinajstić information content (AvgIpc) is 3.13. The molecule has 0 amide bonds. The molecule has 0 saturated heterocycles. The van der Waals surface area contributed by atoms with E-state index in [2.05, 4.69) is 34.6 Å². The first kappa shape index (κ1) is 19.6. The molecule has 0 fully saturated rings. The number of nitrogens with one attached hydrogen (secondary N) is 1. The molecular formula is C19H20FN3O2S2. The Bertz CT molecular complexity index is 858. The lowest BCUT2D eigenvalue weighted by Crippen LogP contribution is -2.20. The van der Waals surface area contributed by atoms with Crippen molar-refractivity contribution in [2.75, 3.05) is 17.7 Å². The van der Waals surface area contributed by atoms with E-state index in [1.807, 2.05) is 12.1 Å². The molecule has 0 unspecified atom stereocenters. The first-order chi connectivity index (χ1) is 13.1. The second kappa shape index (κ2) is 9.68. The van der Waals surface area contributed by atoms with Gasteiger partial charge < -0.3 is 15.2 Å². The lowest BCUT2D eigenvalue weighted by molar-refractivity contribution is 0.123. The molecule has 5 nitrogen and oxygen atoms in total. The zero-order valence-corrected chi connectivity index (χ0v) is 16.4. The molecule has 142 valence electrons. The number of aryl methyl sites for hydroxylation is 1. The fourth-order valence-electron chi connectivity index (χ4n) is 2.23. The van der Waals surface area contributed by atoms with Crippen LogP contribution in [0.4, 0.5) is 15.2 Å². The Kier molecular flexibility index (Phi) is 7.03. The maximum Gasteiger partial charge on any atom is 0.210 e. The second-order valence-corrected chi connectivity index (χ2v) is 8.00. The van der Waals surface area contributed by atoms with Gasteiger partial charge >= 0.3 is 0 Å². The molecule has 3 aromatic rings. The van der Waals surface area contributed by atoms with Crippen LogP contribution in [-0.2, 0) is 6.42 Å². The van der Waals surface area contributed by atoms with Gasteiger partial charge in [-0.2, -0.15) is 0 Å². The largest absolute Gasteiger partial charge is 0.488 e. The van der Waals surface area contributed by atoms with Gasteiger partial charge in [0.05, 0.1) is 6.10 Å². The van der Waals surface area contributed by atoms with Crippen molar-refractivity contribution >= 4 is 33.9 Å². The minimum absolute atomic E-state index is 0.0155. The summed E-state index contributed by atoms with van der Waals surface area (Å²) >= 11 is 2.80. The maximum atomic E-state index is 13.5. The fraction of sp³-hybridized carbons (Fsp3) is 0.263. The van der Waals surface area contributed by atoms with Crippen molar-refractivity contribution in [3.8, 4) is 5.75 Å². The number of ether oxygens (including phenoxy) is 1. The average molecular weight is 406 g/mol. The smallest absolute Gasteiger partial charge is 0.210 e. The van der Waals surface area contributed by atoms with Crippen molar-refractivity contribution in [1.29, 1.82) is 0 Å². The third kappa shape index (κ3) is 5.92. The molecular weight excluding hydrogens is 385 g/mol. The number of aromatic nitrogens is 2. The van der Waals surface area contributed by atoms with Crippen LogP contribution in [0.25, 0.3) is 0 Å². The molecule has 0 aliphatic rings. The van der Waals surface area contributed by atoms with Crippen LogP contribution in [0.2, 0.25) is 0 Å². The SMILES string of the molecule is CCc1ccc(Nc2nnc(SC[C@H](O)COc3ccccc3F)s2)cc1. The van der Waals surface area contributed by atoms with Crippen molar-refractivity contribution in [2.24, 2.45) is 0 Å². The van der Waals surface area contributed by atoms with E-state index in [1.54, 1.807) is 12.1 Å². The summed E-state index contributed by atoms with van der Waals surface area (Å²) in [5.74, 6) is 0.0797. The monoisotopic (exact) mass is 405 g/mol. The molecule has 3 rings (SSSR count). The lowest BCUT2D eigenvalue weighted by atomic mass is 10.1. The summed E-state index contributed by atoms with van der Waals surface area (Å²) in [6, 6.07) is 14.3. The highest BCUT2D eigenvalue weighted by Gasteiger charge is 2.11. The van der Waals surface area contributed by atoms with E-state index < -0.39 is 11.9 Å². The van der Waals surface area contributed by atoms with Gasteiger partial charge in [0.1, 0.15) is 6.61 Å². The first-order valence-electron chi connectivity index (χ1n) is 8.51. The van der Waals surface area contributed by atoms with Crippen LogP contribution in [-0.4, -0.2) is 33.8 Å². The minimum atomic E-state index is -0.739. The number of rotatable bonds is 9. The maximum absolute atomic E-state index is 13.5. The van der Waals surface area contributed by atoms with E-state index in [4.69, 9.17) is 4.74 Å². The number of benzene rings is 2. The fourth-order valence-corrected chi connectivity index (χ4v) is 3.93. The molecule has 0 radical (unpaired) electrons. The van der Waals surface area contributed by atoms with E-state index >= 15 is 0 Å². The van der Waals surface area contributed by atoms with E-state index in [0.29, 0.717) is 10.9 Å². The summed E-state index contributed by atoms with van der Waals surface area (Å²) < 4.78 is 19.5. The molecule has 2 N–H and O–H groups in total. The van der Waals surface area contributed by atoms with Crippen molar-refractivity contribution < 1.29 is 14.2 Å². The zero-order chi connectivity index (χ0) is 19.1. The molecule has 0 spiro atoms. The summed E-state index contributed by atoms with van der Waals surface area (Å²) in [4.78, 5) is 0. The highest BCUT2D eigenvalue weighted by molar-refractivity contribution is 8.01. The molecule has 0 aliphatic carbocycles. The Morgan fingerprint density at radius 3 is 2.70 bits per heavy atom. The summed E-state index contributed by atoms with van der Waals surface area (Å²) in [6.45, 7) is 2.13. The van der Waals surface area contributed by atoms with E-state index in [9.17, 15) is 9.50 Å². The molecule has 0 aliphatic heterocycles. The van der Waals surface area contributed by atoms with Crippen LogP contribution in [0.1, 0.15) is 12.5 Å². The Balaban J connectivity index is 1.45. The highest BCUT2D eigenvalue weighted by atomic mass is 32.2. The number of para-hydroxylation sites is 1. The van der Waals surface area contributed by atoms with Crippen molar-refractivity contribution in [1.82, 2.24) is 10.2 Å².